The molecule has 2 N–H and O–H groups in total. The summed E-state index contributed by atoms with van der Waals surface area (Å²) in [5, 5.41) is 0. The largest absolute Gasteiger partial charge is 0.416 e. The van der Waals surface area contributed by atoms with Gasteiger partial charge in [-0.2, -0.15) is 13.2 Å². The third-order valence-corrected chi connectivity index (χ3v) is 4.03. The maximum absolute atomic E-state index is 12.5. The Morgan fingerprint density at radius 2 is 1.52 bits per heavy atom. The van der Waals surface area contributed by atoms with Crippen molar-refractivity contribution >= 4 is 16.0 Å². The van der Waals surface area contributed by atoms with Crippen LogP contribution in [0, 0.1) is 13.8 Å². The molecule has 0 fully saturated rings. The molecule has 0 radical (unpaired) electrons. The van der Waals surface area contributed by atoms with Gasteiger partial charge in [0.15, 0.2) is 0 Å². The lowest BCUT2D eigenvalue weighted by Crippen LogP contribution is -2.30. The number of hydrazine groups is 1. The van der Waals surface area contributed by atoms with E-state index in [1.165, 1.54) is 0 Å². The molecule has 6 nitrogen and oxygen atoms in total. The van der Waals surface area contributed by atoms with Crippen molar-refractivity contribution in [3.8, 4) is 0 Å². The molecule has 2 rings (SSSR count). The number of aryl methyl sites for hydroxylation is 2. The van der Waals surface area contributed by atoms with Crippen LogP contribution in [0.2, 0.25) is 0 Å². The fourth-order valence-electron chi connectivity index (χ4n) is 1.78. The molecule has 124 valence electrons. The number of benzene rings is 1. The molecule has 0 unspecified atom stereocenters. The Kier molecular flexibility index (Phi) is 4.57. The van der Waals surface area contributed by atoms with E-state index < -0.39 is 21.8 Å². The summed E-state index contributed by atoms with van der Waals surface area (Å²) in [6, 6.07) is 4.84. The van der Waals surface area contributed by atoms with Crippen LogP contribution in [0.25, 0.3) is 0 Å². The number of rotatable bonds is 4. The van der Waals surface area contributed by atoms with Gasteiger partial charge >= 0.3 is 6.18 Å². The van der Waals surface area contributed by atoms with E-state index in [0.717, 1.165) is 12.1 Å². The van der Waals surface area contributed by atoms with Gasteiger partial charge in [0.25, 0.3) is 10.0 Å². The molecular formula is C13H13F3N4O2S. The van der Waals surface area contributed by atoms with Crippen molar-refractivity contribution < 1.29 is 21.6 Å². The van der Waals surface area contributed by atoms with Gasteiger partial charge in [0.1, 0.15) is 0 Å². The first-order valence-electron chi connectivity index (χ1n) is 6.35. The number of sulfonamides is 1. The molecule has 1 aromatic carbocycles. The van der Waals surface area contributed by atoms with Crippen LogP contribution >= 0.6 is 0 Å². The number of aromatic nitrogens is 2. The van der Waals surface area contributed by atoms with E-state index in [1.807, 2.05) is 4.83 Å². The topological polar surface area (TPSA) is 84.0 Å². The number of nitrogens with one attached hydrogen (secondary N) is 2. The van der Waals surface area contributed by atoms with Crippen molar-refractivity contribution in [3.63, 3.8) is 0 Å². The summed E-state index contributed by atoms with van der Waals surface area (Å²) < 4.78 is 61.5. The van der Waals surface area contributed by atoms with Crippen molar-refractivity contribution in [2.45, 2.75) is 24.9 Å². The average molecular weight is 346 g/mol. The van der Waals surface area contributed by atoms with E-state index in [4.69, 9.17) is 0 Å². The fourth-order valence-corrected chi connectivity index (χ4v) is 2.61. The molecule has 0 saturated carbocycles. The number of hydrogen-bond donors (Lipinski definition) is 2. The van der Waals surface area contributed by atoms with Gasteiger partial charge in [-0.3, -0.25) is 5.43 Å². The van der Waals surface area contributed by atoms with Gasteiger partial charge < -0.3 is 0 Å². The first-order chi connectivity index (χ1) is 10.6. The second kappa shape index (κ2) is 6.13. The van der Waals surface area contributed by atoms with Gasteiger partial charge in [-0.15, -0.1) is 4.83 Å². The summed E-state index contributed by atoms with van der Waals surface area (Å²) in [5.41, 5.74) is 2.67. The van der Waals surface area contributed by atoms with Crippen molar-refractivity contribution in [1.29, 1.82) is 0 Å². The molecule has 0 amide bonds. The normalized spacial score (nSPS) is 12.2. The lowest BCUT2D eigenvalue weighted by Gasteiger charge is -2.10. The molecule has 0 spiro atoms. The highest BCUT2D eigenvalue weighted by atomic mass is 32.2. The molecule has 1 heterocycles. The molecule has 23 heavy (non-hydrogen) atoms. The number of hydrogen-bond acceptors (Lipinski definition) is 5. The molecule has 0 aliphatic carbocycles. The lowest BCUT2D eigenvalue weighted by molar-refractivity contribution is -0.137. The molecule has 10 heteroatoms. The molecule has 1 aromatic heterocycles. The lowest BCUT2D eigenvalue weighted by atomic mass is 10.2. The number of halogens is 3. The second-order valence-corrected chi connectivity index (χ2v) is 6.41. The Labute approximate surface area is 130 Å². The Morgan fingerprint density at radius 1 is 1.00 bits per heavy atom. The van der Waals surface area contributed by atoms with Gasteiger partial charge in [-0.05, 0) is 44.2 Å². The maximum atomic E-state index is 12.5. The van der Waals surface area contributed by atoms with Crippen LogP contribution < -0.4 is 10.3 Å². The van der Waals surface area contributed by atoms with Gasteiger partial charge in [0.2, 0.25) is 5.95 Å². The van der Waals surface area contributed by atoms with E-state index in [0.29, 0.717) is 23.5 Å². The first-order valence-corrected chi connectivity index (χ1v) is 7.83. The van der Waals surface area contributed by atoms with Crippen molar-refractivity contribution in [2.75, 3.05) is 5.43 Å². The summed E-state index contributed by atoms with van der Waals surface area (Å²) in [5.74, 6) is 0.0398. The highest BCUT2D eigenvalue weighted by molar-refractivity contribution is 7.89. The van der Waals surface area contributed by atoms with Gasteiger partial charge in [0, 0.05) is 11.4 Å². The predicted octanol–water partition coefficient (Wildman–Crippen LogP) is 2.42. The van der Waals surface area contributed by atoms with Crippen LogP contribution in [0.5, 0.6) is 0 Å². The Bertz CT molecular complexity index is 785. The highest BCUT2D eigenvalue weighted by Gasteiger charge is 2.30. The van der Waals surface area contributed by atoms with Crippen LogP contribution in [0.15, 0.2) is 35.2 Å². The minimum absolute atomic E-state index is 0.0398. The van der Waals surface area contributed by atoms with E-state index in [1.54, 1.807) is 19.9 Å². The smallest absolute Gasteiger partial charge is 0.276 e. The first kappa shape index (κ1) is 17.2. The number of nitrogens with zero attached hydrogens (tertiary/aromatic N) is 2. The van der Waals surface area contributed by atoms with Crippen LogP contribution in [0.1, 0.15) is 17.0 Å². The zero-order valence-electron chi connectivity index (χ0n) is 12.1. The molecule has 0 aliphatic heterocycles. The number of anilines is 1. The minimum atomic E-state index is -4.53. The SMILES string of the molecule is Cc1cc(C)nc(NNS(=O)(=O)c2ccc(C(F)(F)F)cc2)n1. The summed E-state index contributed by atoms with van der Waals surface area (Å²) in [6.07, 6.45) is -4.53. The zero-order chi connectivity index (χ0) is 17.3. The third kappa shape index (κ3) is 4.39. The van der Waals surface area contributed by atoms with Crippen LogP contribution in [-0.4, -0.2) is 18.4 Å². The monoisotopic (exact) mass is 346 g/mol. The van der Waals surface area contributed by atoms with Crippen LogP contribution in [0.4, 0.5) is 19.1 Å². The average Bonchev–Trinajstić information content (AvgIpc) is 2.43. The quantitative estimate of drug-likeness (QED) is 0.831. The Balaban J connectivity index is 2.15. The van der Waals surface area contributed by atoms with Crippen molar-refractivity contribution in [2.24, 2.45) is 0 Å². The number of alkyl halides is 3. The highest BCUT2D eigenvalue weighted by Crippen LogP contribution is 2.29. The van der Waals surface area contributed by atoms with Gasteiger partial charge in [-0.25, -0.2) is 18.4 Å². The van der Waals surface area contributed by atoms with E-state index in [2.05, 4.69) is 15.4 Å². The third-order valence-electron chi connectivity index (χ3n) is 2.77. The molecule has 2 aromatic rings. The van der Waals surface area contributed by atoms with E-state index >= 15 is 0 Å². The summed E-state index contributed by atoms with van der Waals surface area (Å²) in [6.45, 7) is 3.43. The molecule has 0 atom stereocenters. The summed E-state index contributed by atoms with van der Waals surface area (Å²) in [4.78, 5) is 9.66. The van der Waals surface area contributed by atoms with E-state index in [-0.39, 0.29) is 10.8 Å². The fraction of sp³-hybridized carbons (Fsp3) is 0.231. The standard InChI is InChI=1S/C13H13F3N4O2S/c1-8-7-9(2)18-12(17-8)19-20-23(21,22)11-5-3-10(4-6-11)13(14,15)16/h3-7,20H,1-2H3,(H,17,18,19). The Morgan fingerprint density at radius 3 is 2.00 bits per heavy atom. The minimum Gasteiger partial charge on any atom is -0.276 e. The molecule has 0 saturated heterocycles. The zero-order valence-corrected chi connectivity index (χ0v) is 13.0. The van der Waals surface area contributed by atoms with Crippen LogP contribution in [0.3, 0.4) is 0 Å². The molecule has 0 bridgehead atoms. The summed E-state index contributed by atoms with van der Waals surface area (Å²) in [7, 11) is -4.05. The van der Waals surface area contributed by atoms with Crippen molar-refractivity contribution in [3.05, 3.63) is 47.3 Å². The van der Waals surface area contributed by atoms with Gasteiger partial charge in [-0.1, -0.05) is 0 Å². The van der Waals surface area contributed by atoms with Crippen LogP contribution in [-0.2, 0) is 16.2 Å². The maximum Gasteiger partial charge on any atom is 0.416 e. The van der Waals surface area contributed by atoms with Gasteiger partial charge in [0.05, 0.1) is 10.5 Å². The summed E-state index contributed by atoms with van der Waals surface area (Å²) >= 11 is 0. The van der Waals surface area contributed by atoms with Crippen molar-refractivity contribution in [1.82, 2.24) is 14.8 Å². The molecular weight excluding hydrogens is 333 g/mol. The predicted molar refractivity (Wildman–Crippen MR) is 76.9 cm³/mol. The Hall–Kier alpha value is -2.20. The second-order valence-electron chi connectivity index (χ2n) is 4.73. The van der Waals surface area contributed by atoms with E-state index in [9.17, 15) is 21.6 Å². The molecule has 0 aliphatic rings.